The fourth-order valence-corrected chi connectivity index (χ4v) is 4.82. The van der Waals surface area contributed by atoms with Crippen molar-refractivity contribution in [1.29, 1.82) is 0 Å². The predicted octanol–water partition coefficient (Wildman–Crippen LogP) is 3.26. The number of non-ortho nitro benzene ring substituents is 1. The molecule has 3 rings (SSSR count). The number of carbonyl (C=O) groups is 1. The van der Waals surface area contributed by atoms with Gasteiger partial charge in [0, 0.05) is 43.9 Å². The summed E-state index contributed by atoms with van der Waals surface area (Å²) in [6.07, 6.45) is 0.983. The van der Waals surface area contributed by atoms with Gasteiger partial charge in [-0.15, -0.1) is 0 Å². The molecule has 8 nitrogen and oxygen atoms in total. The lowest BCUT2D eigenvalue weighted by Crippen LogP contribution is -2.50. The molecule has 160 valence electrons. The molecule has 0 aromatic heterocycles. The van der Waals surface area contributed by atoms with Crippen molar-refractivity contribution in [2.24, 2.45) is 0 Å². The van der Waals surface area contributed by atoms with Gasteiger partial charge in [-0.1, -0.05) is 26.0 Å². The minimum absolute atomic E-state index is 0.0817. The maximum atomic E-state index is 12.9. The maximum absolute atomic E-state index is 12.9. The highest BCUT2D eigenvalue weighted by Gasteiger charge is 2.30. The second kappa shape index (κ2) is 8.93. The van der Waals surface area contributed by atoms with Crippen LogP contribution in [0.2, 0.25) is 0 Å². The van der Waals surface area contributed by atoms with Crippen LogP contribution in [0, 0.1) is 10.1 Å². The molecule has 30 heavy (non-hydrogen) atoms. The van der Waals surface area contributed by atoms with E-state index in [-0.39, 0.29) is 42.7 Å². The number of carbonyl (C=O) groups excluding carboxylic acids is 1. The fourth-order valence-electron chi connectivity index (χ4n) is 3.39. The van der Waals surface area contributed by atoms with Crippen LogP contribution >= 0.6 is 0 Å². The molecule has 1 aliphatic rings. The molecule has 0 spiro atoms. The first-order valence-corrected chi connectivity index (χ1v) is 11.3. The largest absolute Gasteiger partial charge is 0.336 e. The standard InChI is InChI=1S/C21H25N3O5S/c1-3-16(2)17-6-10-20(11-7-17)30(28,29)23-14-12-22(13-15-23)21(25)18-4-8-19(9-5-18)24(26)27/h4-11,16H,3,12-15H2,1-2H3. The van der Waals surface area contributed by atoms with Crippen molar-refractivity contribution in [2.45, 2.75) is 31.1 Å². The quantitative estimate of drug-likeness (QED) is 0.516. The zero-order chi connectivity index (χ0) is 21.9. The van der Waals surface area contributed by atoms with Crippen molar-refractivity contribution in [3.05, 3.63) is 69.8 Å². The fraction of sp³-hybridized carbons (Fsp3) is 0.381. The van der Waals surface area contributed by atoms with Gasteiger partial charge in [-0.05, 0) is 42.2 Å². The number of benzene rings is 2. The highest BCUT2D eigenvalue weighted by atomic mass is 32.2. The van der Waals surface area contributed by atoms with Gasteiger partial charge in [0.1, 0.15) is 0 Å². The van der Waals surface area contributed by atoms with Crippen LogP contribution in [0.5, 0.6) is 0 Å². The summed E-state index contributed by atoms with van der Waals surface area (Å²) in [5.74, 6) is 0.107. The molecule has 1 amide bonds. The number of amides is 1. The Balaban J connectivity index is 1.65. The van der Waals surface area contributed by atoms with Gasteiger partial charge in [0.15, 0.2) is 0 Å². The van der Waals surface area contributed by atoms with Crippen molar-refractivity contribution in [2.75, 3.05) is 26.2 Å². The Bertz CT molecular complexity index is 1010. The summed E-state index contributed by atoms with van der Waals surface area (Å²) < 4.78 is 27.3. The smallest absolute Gasteiger partial charge is 0.269 e. The van der Waals surface area contributed by atoms with Crippen molar-refractivity contribution in [3.8, 4) is 0 Å². The lowest BCUT2D eigenvalue weighted by atomic mass is 9.99. The predicted molar refractivity (Wildman–Crippen MR) is 113 cm³/mol. The van der Waals surface area contributed by atoms with Crippen LogP contribution in [0.3, 0.4) is 0 Å². The van der Waals surface area contributed by atoms with E-state index in [2.05, 4.69) is 13.8 Å². The zero-order valence-electron chi connectivity index (χ0n) is 17.0. The summed E-state index contributed by atoms with van der Waals surface area (Å²) in [6, 6.07) is 12.4. The number of hydrogen-bond donors (Lipinski definition) is 0. The molecule has 2 aromatic carbocycles. The lowest BCUT2D eigenvalue weighted by Gasteiger charge is -2.34. The Morgan fingerprint density at radius 3 is 2.10 bits per heavy atom. The van der Waals surface area contributed by atoms with E-state index in [1.54, 1.807) is 17.0 Å². The molecule has 2 aromatic rings. The van der Waals surface area contributed by atoms with Gasteiger partial charge in [-0.3, -0.25) is 14.9 Å². The summed E-state index contributed by atoms with van der Waals surface area (Å²) in [6.45, 7) is 5.12. The normalized spacial score (nSPS) is 16.3. The summed E-state index contributed by atoms with van der Waals surface area (Å²) in [5.41, 5.74) is 1.37. The molecule has 1 fully saturated rings. The minimum atomic E-state index is -3.62. The summed E-state index contributed by atoms with van der Waals surface area (Å²) in [5, 5.41) is 10.7. The molecular formula is C21H25N3O5S. The van der Waals surface area contributed by atoms with E-state index >= 15 is 0 Å². The van der Waals surface area contributed by atoms with Gasteiger partial charge < -0.3 is 4.90 Å². The van der Waals surface area contributed by atoms with Crippen LogP contribution in [0.1, 0.15) is 42.1 Å². The average molecular weight is 432 g/mol. The van der Waals surface area contributed by atoms with E-state index in [0.717, 1.165) is 12.0 Å². The van der Waals surface area contributed by atoms with Gasteiger partial charge >= 0.3 is 0 Å². The van der Waals surface area contributed by atoms with Crippen molar-refractivity contribution in [1.82, 2.24) is 9.21 Å². The number of nitro benzene ring substituents is 1. The monoisotopic (exact) mass is 431 g/mol. The number of piperazine rings is 1. The molecule has 1 unspecified atom stereocenters. The molecule has 1 atom stereocenters. The third kappa shape index (κ3) is 4.52. The van der Waals surface area contributed by atoms with Crippen LogP contribution < -0.4 is 0 Å². The van der Waals surface area contributed by atoms with E-state index in [9.17, 15) is 23.3 Å². The van der Waals surface area contributed by atoms with Crippen LogP contribution in [-0.2, 0) is 10.0 Å². The number of nitrogens with zero attached hydrogens (tertiary/aromatic N) is 3. The Kier molecular flexibility index (Phi) is 6.52. The minimum Gasteiger partial charge on any atom is -0.336 e. The highest BCUT2D eigenvalue weighted by molar-refractivity contribution is 7.89. The molecule has 9 heteroatoms. The van der Waals surface area contributed by atoms with Crippen LogP contribution in [0.25, 0.3) is 0 Å². The molecule has 1 aliphatic heterocycles. The third-order valence-corrected chi connectivity index (χ3v) is 7.46. The molecule has 0 radical (unpaired) electrons. The number of nitro groups is 1. The number of hydrogen-bond acceptors (Lipinski definition) is 5. The second-order valence-electron chi connectivity index (χ2n) is 7.38. The number of sulfonamides is 1. The van der Waals surface area contributed by atoms with Gasteiger partial charge in [0.05, 0.1) is 9.82 Å². The Labute approximate surface area is 176 Å². The Morgan fingerprint density at radius 1 is 1.03 bits per heavy atom. The van der Waals surface area contributed by atoms with Crippen molar-refractivity contribution >= 4 is 21.6 Å². The maximum Gasteiger partial charge on any atom is 0.269 e. The van der Waals surface area contributed by atoms with E-state index in [1.807, 2.05) is 12.1 Å². The SMILES string of the molecule is CCC(C)c1ccc(S(=O)(=O)N2CCN(C(=O)c3ccc([N+](=O)[O-])cc3)CC2)cc1. The summed E-state index contributed by atoms with van der Waals surface area (Å²) in [7, 11) is -3.62. The van der Waals surface area contributed by atoms with Gasteiger partial charge in [0.25, 0.3) is 11.6 Å². The Hall–Kier alpha value is -2.78. The van der Waals surface area contributed by atoms with E-state index in [1.165, 1.54) is 28.6 Å². The molecule has 0 N–H and O–H groups in total. The number of rotatable bonds is 6. The van der Waals surface area contributed by atoms with E-state index in [0.29, 0.717) is 11.5 Å². The molecule has 0 saturated carbocycles. The third-order valence-electron chi connectivity index (χ3n) is 5.55. The molecule has 0 bridgehead atoms. The highest BCUT2D eigenvalue weighted by Crippen LogP contribution is 2.23. The molecule has 1 heterocycles. The first-order chi connectivity index (χ1) is 14.2. The van der Waals surface area contributed by atoms with Gasteiger partial charge in [-0.2, -0.15) is 4.31 Å². The second-order valence-corrected chi connectivity index (χ2v) is 9.32. The first-order valence-electron chi connectivity index (χ1n) is 9.88. The molecule has 0 aliphatic carbocycles. The van der Waals surface area contributed by atoms with Crippen LogP contribution in [0.4, 0.5) is 5.69 Å². The van der Waals surface area contributed by atoms with Crippen molar-refractivity contribution in [3.63, 3.8) is 0 Å². The van der Waals surface area contributed by atoms with Gasteiger partial charge in [0.2, 0.25) is 10.0 Å². The van der Waals surface area contributed by atoms with Gasteiger partial charge in [-0.25, -0.2) is 8.42 Å². The lowest BCUT2D eigenvalue weighted by molar-refractivity contribution is -0.384. The molecular weight excluding hydrogens is 406 g/mol. The molecule has 1 saturated heterocycles. The van der Waals surface area contributed by atoms with E-state index in [4.69, 9.17) is 0 Å². The topological polar surface area (TPSA) is 101 Å². The summed E-state index contributed by atoms with van der Waals surface area (Å²) >= 11 is 0. The van der Waals surface area contributed by atoms with Crippen molar-refractivity contribution < 1.29 is 18.1 Å². The Morgan fingerprint density at radius 2 is 1.60 bits per heavy atom. The summed E-state index contributed by atoms with van der Waals surface area (Å²) in [4.78, 5) is 24.7. The van der Waals surface area contributed by atoms with E-state index < -0.39 is 14.9 Å². The van der Waals surface area contributed by atoms with Crippen LogP contribution in [0.15, 0.2) is 53.4 Å². The first kappa shape index (κ1) is 21.9. The zero-order valence-corrected chi connectivity index (χ0v) is 17.8. The van der Waals surface area contributed by atoms with Crippen LogP contribution in [-0.4, -0.2) is 54.6 Å². The average Bonchev–Trinajstić information content (AvgIpc) is 2.78.